The molecule has 0 aliphatic heterocycles. The second-order valence-corrected chi connectivity index (χ2v) is 10.7. The number of carbonyl (C=O) groups is 2. The zero-order chi connectivity index (χ0) is 28.6. The van der Waals surface area contributed by atoms with Crippen molar-refractivity contribution in [3.63, 3.8) is 0 Å². The van der Waals surface area contributed by atoms with E-state index in [-0.39, 0.29) is 23.0 Å². The van der Waals surface area contributed by atoms with Crippen molar-refractivity contribution < 1.29 is 27.5 Å². The lowest BCUT2D eigenvalue weighted by atomic mass is 10.1. The number of hydrogen-bond acceptors (Lipinski definition) is 6. The number of nitrogens with zero attached hydrogens (tertiary/aromatic N) is 2. The van der Waals surface area contributed by atoms with Gasteiger partial charge in [-0.05, 0) is 62.7 Å². The van der Waals surface area contributed by atoms with Crippen molar-refractivity contribution in [1.82, 2.24) is 10.2 Å². The molecule has 0 saturated heterocycles. The maximum absolute atomic E-state index is 14.0. The van der Waals surface area contributed by atoms with Crippen LogP contribution in [0.15, 0.2) is 77.7 Å². The van der Waals surface area contributed by atoms with Gasteiger partial charge in [0.2, 0.25) is 11.8 Å². The highest BCUT2D eigenvalue weighted by Crippen LogP contribution is 2.33. The topological polar surface area (TPSA) is 105 Å². The van der Waals surface area contributed by atoms with Gasteiger partial charge < -0.3 is 19.7 Å². The maximum Gasteiger partial charge on any atom is 0.264 e. The number of carbonyl (C=O) groups excluding carboxylic acids is 2. The first kappa shape index (κ1) is 29.5. The number of sulfonamides is 1. The third-order valence-corrected chi connectivity index (χ3v) is 8.02. The van der Waals surface area contributed by atoms with Gasteiger partial charge in [-0.15, -0.1) is 0 Å². The van der Waals surface area contributed by atoms with Gasteiger partial charge in [0, 0.05) is 13.6 Å². The quantitative estimate of drug-likeness (QED) is 0.366. The van der Waals surface area contributed by atoms with Gasteiger partial charge in [-0.2, -0.15) is 0 Å². The standard InChI is InChI=1S/C29H35N3O6S/c1-6-38-27-10-8-7-9-26(27)32(39(35,36)25-17-11-21(2)12-18-25)20-28(33)31(22(3)29(34)30-4)19-23-13-15-24(37-5)16-14-23/h7-18,22H,6,19-20H2,1-5H3,(H,30,34)/t22-/m0/s1. The van der Waals surface area contributed by atoms with Crippen LogP contribution in [0.3, 0.4) is 0 Å². The zero-order valence-electron chi connectivity index (χ0n) is 22.9. The van der Waals surface area contributed by atoms with Gasteiger partial charge in [-0.25, -0.2) is 8.42 Å². The molecule has 10 heteroatoms. The molecule has 3 aromatic rings. The molecule has 0 aromatic heterocycles. The Kier molecular flexibility index (Phi) is 9.95. The Balaban J connectivity index is 2.07. The molecule has 208 valence electrons. The lowest BCUT2D eigenvalue weighted by Gasteiger charge is -2.32. The van der Waals surface area contributed by atoms with E-state index in [0.717, 1.165) is 15.4 Å². The molecule has 1 N–H and O–H groups in total. The first-order chi connectivity index (χ1) is 18.6. The summed E-state index contributed by atoms with van der Waals surface area (Å²) in [5.74, 6) is 0.0480. The molecule has 0 aliphatic rings. The predicted octanol–water partition coefficient (Wildman–Crippen LogP) is 3.76. The lowest BCUT2D eigenvalue weighted by molar-refractivity contribution is -0.139. The average Bonchev–Trinajstić information content (AvgIpc) is 2.94. The van der Waals surface area contributed by atoms with Crippen LogP contribution in [-0.4, -0.2) is 58.5 Å². The van der Waals surface area contributed by atoms with Crippen LogP contribution in [0.2, 0.25) is 0 Å². The van der Waals surface area contributed by atoms with Crippen LogP contribution >= 0.6 is 0 Å². The number of ether oxygens (including phenoxy) is 2. The normalized spacial score (nSPS) is 11.8. The molecule has 0 bridgehead atoms. The summed E-state index contributed by atoms with van der Waals surface area (Å²) in [6.07, 6.45) is 0. The van der Waals surface area contributed by atoms with E-state index in [1.807, 2.05) is 6.92 Å². The smallest absolute Gasteiger partial charge is 0.264 e. The van der Waals surface area contributed by atoms with Crippen LogP contribution in [0.5, 0.6) is 11.5 Å². The number of likely N-dealkylation sites (N-methyl/N-ethyl adjacent to an activating group) is 1. The summed E-state index contributed by atoms with van der Waals surface area (Å²) in [7, 11) is -1.14. The molecule has 0 radical (unpaired) electrons. The largest absolute Gasteiger partial charge is 0.497 e. The number of amides is 2. The van der Waals surface area contributed by atoms with Crippen LogP contribution in [0.4, 0.5) is 5.69 Å². The summed E-state index contributed by atoms with van der Waals surface area (Å²) in [4.78, 5) is 27.9. The minimum Gasteiger partial charge on any atom is -0.497 e. The number of hydrogen-bond donors (Lipinski definition) is 1. The van der Waals surface area contributed by atoms with Crippen LogP contribution in [0.25, 0.3) is 0 Å². The molecule has 39 heavy (non-hydrogen) atoms. The summed E-state index contributed by atoms with van der Waals surface area (Å²) in [5, 5.41) is 2.57. The number of anilines is 1. The first-order valence-electron chi connectivity index (χ1n) is 12.6. The Labute approximate surface area is 230 Å². The molecule has 2 amide bonds. The van der Waals surface area contributed by atoms with E-state index in [1.165, 1.54) is 24.1 Å². The van der Waals surface area contributed by atoms with E-state index in [0.29, 0.717) is 18.1 Å². The molecule has 0 spiro atoms. The van der Waals surface area contributed by atoms with Gasteiger partial charge in [0.25, 0.3) is 10.0 Å². The van der Waals surface area contributed by atoms with E-state index < -0.39 is 28.5 Å². The van der Waals surface area contributed by atoms with Crippen LogP contribution in [0.1, 0.15) is 25.0 Å². The monoisotopic (exact) mass is 553 g/mol. The molecule has 1 atom stereocenters. The van der Waals surface area contributed by atoms with Gasteiger partial charge in [0.15, 0.2) is 0 Å². The first-order valence-corrected chi connectivity index (χ1v) is 14.0. The summed E-state index contributed by atoms with van der Waals surface area (Å²) in [6, 6.07) is 19.3. The van der Waals surface area contributed by atoms with Gasteiger partial charge in [-0.1, -0.05) is 42.0 Å². The SMILES string of the molecule is CCOc1ccccc1N(CC(=O)N(Cc1ccc(OC)cc1)[C@@H](C)C(=O)NC)S(=O)(=O)c1ccc(C)cc1. The minimum atomic E-state index is -4.18. The molecular weight excluding hydrogens is 518 g/mol. The molecular formula is C29H35N3O6S. The third kappa shape index (κ3) is 7.08. The lowest BCUT2D eigenvalue weighted by Crippen LogP contribution is -2.50. The highest BCUT2D eigenvalue weighted by Gasteiger charge is 2.33. The molecule has 3 aromatic carbocycles. The van der Waals surface area contributed by atoms with Gasteiger partial charge in [-0.3, -0.25) is 13.9 Å². The van der Waals surface area contributed by atoms with Crippen molar-refractivity contribution in [3.05, 3.63) is 83.9 Å². The Morgan fingerprint density at radius 2 is 1.62 bits per heavy atom. The van der Waals surface area contributed by atoms with Gasteiger partial charge >= 0.3 is 0 Å². The summed E-state index contributed by atoms with van der Waals surface area (Å²) < 4.78 is 39.9. The fraction of sp³-hybridized carbons (Fsp3) is 0.310. The van der Waals surface area contributed by atoms with Crippen LogP contribution in [0, 0.1) is 6.92 Å². The summed E-state index contributed by atoms with van der Waals surface area (Å²) in [6.45, 7) is 5.11. The van der Waals surface area contributed by atoms with E-state index >= 15 is 0 Å². The minimum absolute atomic E-state index is 0.0354. The Hall–Kier alpha value is -4.05. The molecule has 0 saturated carbocycles. The van der Waals surface area contributed by atoms with Crippen LogP contribution < -0.4 is 19.1 Å². The second kappa shape index (κ2) is 13.1. The average molecular weight is 554 g/mol. The number of aryl methyl sites for hydroxylation is 1. The molecule has 0 fully saturated rings. The van der Waals surface area contributed by atoms with E-state index in [2.05, 4.69) is 5.32 Å². The third-order valence-electron chi connectivity index (χ3n) is 6.25. The number of methoxy groups -OCH3 is 1. The van der Waals surface area contributed by atoms with Crippen molar-refractivity contribution in [1.29, 1.82) is 0 Å². The van der Waals surface area contributed by atoms with Gasteiger partial charge in [0.1, 0.15) is 24.1 Å². The van der Waals surface area contributed by atoms with Crippen molar-refractivity contribution in [2.24, 2.45) is 0 Å². The summed E-state index contributed by atoms with van der Waals surface area (Å²) in [5.41, 5.74) is 1.88. The van der Waals surface area contributed by atoms with Gasteiger partial charge in [0.05, 0.1) is 24.3 Å². The zero-order valence-corrected chi connectivity index (χ0v) is 23.7. The molecule has 3 rings (SSSR count). The molecule has 9 nitrogen and oxygen atoms in total. The van der Waals surface area contributed by atoms with E-state index in [1.54, 1.807) is 81.6 Å². The molecule has 0 unspecified atom stereocenters. The van der Waals surface area contributed by atoms with E-state index in [4.69, 9.17) is 9.47 Å². The maximum atomic E-state index is 14.0. The van der Waals surface area contributed by atoms with Crippen molar-refractivity contribution in [2.75, 3.05) is 31.6 Å². The van der Waals surface area contributed by atoms with E-state index in [9.17, 15) is 18.0 Å². The Bertz CT molecular complexity index is 1370. The van der Waals surface area contributed by atoms with Crippen molar-refractivity contribution >= 4 is 27.5 Å². The van der Waals surface area contributed by atoms with Crippen molar-refractivity contribution in [2.45, 2.75) is 38.3 Å². The highest BCUT2D eigenvalue weighted by atomic mass is 32.2. The van der Waals surface area contributed by atoms with Crippen LogP contribution in [-0.2, 0) is 26.2 Å². The fourth-order valence-corrected chi connectivity index (χ4v) is 5.44. The Morgan fingerprint density at radius 1 is 0.974 bits per heavy atom. The molecule has 0 heterocycles. The highest BCUT2D eigenvalue weighted by molar-refractivity contribution is 7.92. The number of nitrogens with one attached hydrogen (secondary N) is 1. The summed E-state index contributed by atoms with van der Waals surface area (Å²) >= 11 is 0. The Morgan fingerprint density at radius 3 is 2.21 bits per heavy atom. The predicted molar refractivity (Wildman–Crippen MR) is 150 cm³/mol. The van der Waals surface area contributed by atoms with Crippen molar-refractivity contribution in [3.8, 4) is 11.5 Å². The second-order valence-electron chi connectivity index (χ2n) is 8.89. The number of para-hydroxylation sites is 2. The molecule has 0 aliphatic carbocycles. The number of rotatable bonds is 12. The number of benzene rings is 3. The fourth-order valence-electron chi connectivity index (χ4n) is 4.01.